The molecule has 1 amide bonds. The van der Waals surface area contributed by atoms with E-state index in [0.717, 1.165) is 19.4 Å². The Hall–Kier alpha value is -1.36. The summed E-state index contributed by atoms with van der Waals surface area (Å²) in [5, 5.41) is 8.67. The first-order valence-corrected chi connectivity index (χ1v) is 5.38. The van der Waals surface area contributed by atoms with E-state index >= 15 is 0 Å². The molecule has 3 N–H and O–H groups in total. The predicted octanol–water partition coefficient (Wildman–Crippen LogP) is 0.605. The standard InChI is InChI=1S/C11H20N2O3/c1-3-4-6-13(8-10(12)14)7-5-9(2)11(15)16/h5H,3-4,6-8H2,1-2H3,(H2,12,14)(H,15,16). The highest BCUT2D eigenvalue weighted by Crippen LogP contribution is 1.98. The molecule has 0 fully saturated rings. The second-order valence-corrected chi connectivity index (χ2v) is 3.75. The minimum Gasteiger partial charge on any atom is -0.478 e. The second-order valence-electron chi connectivity index (χ2n) is 3.75. The van der Waals surface area contributed by atoms with Crippen LogP contribution in [-0.4, -0.2) is 41.5 Å². The van der Waals surface area contributed by atoms with Crippen LogP contribution in [0.2, 0.25) is 0 Å². The number of aliphatic carboxylic acids is 1. The predicted molar refractivity (Wildman–Crippen MR) is 61.9 cm³/mol. The highest BCUT2D eigenvalue weighted by Gasteiger charge is 2.07. The Morgan fingerprint density at radius 3 is 2.50 bits per heavy atom. The summed E-state index contributed by atoms with van der Waals surface area (Å²) in [6, 6.07) is 0. The van der Waals surface area contributed by atoms with Gasteiger partial charge >= 0.3 is 5.97 Å². The fraction of sp³-hybridized carbons (Fsp3) is 0.636. The van der Waals surface area contributed by atoms with Crippen LogP contribution >= 0.6 is 0 Å². The minimum atomic E-state index is -0.936. The number of carboxylic acids is 1. The molecule has 0 atom stereocenters. The third-order valence-corrected chi connectivity index (χ3v) is 2.20. The van der Waals surface area contributed by atoms with Crippen molar-refractivity contribution < 1.29 is 14.7 Å². The lowest BCUT2D eigenvalue weighted by Gasteiger charge is -2.18. The number of carbonyl (C=O) groups excluding carboxylic acids is 1. The molecule has 0 aliphatic carbocycles. The molecule has 0 aromatic heterocycles. The lowest BCUT2D eigenvalue weighted by molar-refractivity contribution is -0.132. The topological polar surface area (TPSA) is 83.6 Å². The first kappa shape index (κ1) is 14.6. The van der Waals surface area contributed by atoms with Crippen LogP contribution in [0.1, 0.15) is 26.7 Å². The van der Waals surface area contributed by atoms with Crippen molar-refractivity contribution in [2.75, 3.05) is 19.6 Å². The molecular formula is C11H20N2O3. The largest absolute Gasteiger partial charge is 0.478 e. The molecule has 16 heavy (non-hydrogen) atoms. The van der Waals surface area contributed by atoms with Gasteiger partial charge < -0.3 is 10.8 Å². The normalized spacial score (nSPS) is 11.8. The number of amides is 1. The maximum absolute atomic E-state index is 10.8. The van der Waals surface area contributed by atoms with Gasteiger partial charge in [-0.15, -0.1) is 0 Å². The first-order valence-electron chi connectivity index (χ1n) is 5.38. The van der Waals surface area contributed by atoms with Gasteiger partial charge in [-0.25, -0.2) is 4.79 Å². The quantitative estimate of drug-likeness (QED) is 0.596. The van der Waals surface area contributed by atoms with Crippen LogP contribution in [0.3, 0.4) is 0 Å². The van der Waals surface area contributed by atoms with Crippen molar-refractivity contribution >= 4 is 11.9 Å². The van der Waals surface area contributed by atoms with E-state index in [1.165, 1.54) is 6.92 Å². The highest BCUT2D eigenvalue weighted by molar-refractivity contribution is 5.85. The van der Waals surface area contributed by atoms with Crippen LogP contribution in [0.4, 0.5) is 0 Å². The average Bonchev–Trinajstić information content (AvgIpc) is 2.20. The van der Waals surface area contributed by atoms with Gasteiger partial charge in [-0.2, -0.15) is 0 Å². The highest BCUT2D eigenvalue weighted by atomic mass is 16.4. The van der Waals surface area contributed by atoms with E-state index in [0.29, 0.717) is 6.54 Å². The van der Waals surface area contributed by atoms with E-state index in [1.807, 2.05) is 4.90 Å². The zero-order chi connectivity index (χ0) is 12.6. The number of hydrogen-bond acceptors (Lipinski definition) is 3. The summed E-state index contributed by atoms with van der Waals surface area (Å²) >= 11 is 0. The van der Waals surface area contributed by atoms with Gasteiger partial charge in [-0.1, -0.05) is 19.4 Å². The van der Waals surface area contributed by atoms with Crippen molar-refractivity contribution in [1.29, 1.82) is 0 Å². The molecule has 92 valence electrons. The van der Waals surface area contributed by atoms with Gasteiger partial charge in [0.05, 0.1) is 6.54 Å². The number of unbranched alkanes of at least 4 members (excludes halogenated alkanes) is 1. The van der Waals surface area contributed by atoms with Gasteiger partial charge in [0.15, 0.2) is 0 Å². The minimum absolute atomic E-state index is 0.170. The number of carbonyl (C=O) groups is 2. The van der Waals surface area contributed by atoms with Gasteiger partial charge in [0.1, 0.15) is 0 Å². The molecule has 0 rings (SSSR count). The van der Waals surface area contributed by atoms with Gasteiger partial charge in [0, 0.05) is 12.1 Å². The van der Waals surface area contributed by atoms with Crippen molar-refractivity contribution in [3.8, 4) is 0 Å². The zero-order valence-corrected chi connectivity index (χ0v) is 9.90. The van der Waals surface area contributed by atoms with Crippen LogP contribution in [0, 0.1) is 0 Å². The van der Waals surface area contributed by atoms with E-state index in [9.17, 15) is 9.59 Å². The fourth-order valence-electron chi connectivity index (χ4n) is 1.19. The monoisotopic (exact) mass is 228 g/mol. The van der Waals surface area contributed by atoms with Crippen molar-refractivity contribution in [2.45, 2.75) is 26.7 Å². The molecule has 5 nitrogen and oxygen atoms in total. The summed E-state index contributed by atoms with van der Waals surface area (Å²) in [6.07, 6.45) is 3.59. The maximum Gasteiger partial charge on any atom is 0.330 e. The Balaban J connectivity index is 4.24. The molecule has 0 aromatic rings. The van der Waals surface area contributed by atoms with Gasteiger partial charge in [0.25, 0.3) is 0 Å². The lowest BCUT2D eigenvalue weighted by Crippen LogP contribution is -2.34. The number of nitrogens with zero attached hydrogens (tertiary/aromatic N) is 1. The summed E-state index contributed by atoms with van der Waals surface area (Å²) in [5.74, 6) is -1.33. The third kappa shape index (κ3) is 7.00. The van der Waals surface area contributed by atoms with E-state index in [-0.39, 0.29) is 12.1 Å². The molecule has 0 bridgehead atoms. The molecular weight excluding hydrogens is 208 g/mol. The molecule has 0 heterocycles. The van der Waals surface area contributed by atoms with Crippen molar-refractivity contribution in [3.05, 3.63) is 11.6 Å². The smallest absolute Gasteiger partial charge is 0.330 e. The number of nitrogens with two attached hydrogens (primary N) is 1. The van der Waals surface area contributed by atoms with Crippen LogP contribution in [0.5, 0.6) is 0 Å². The molecule has 0 aliphatic rings. The molecule has 5 heteroatoms. The zero-order valence-electron chi connectivity index (χ0n) is 9.90. The van der Waals surface area contributed by atoms with E-state index in [2.05, 4.69) is 6.92 Å². The van der Waals surface area contributed by atoms with Crippen LogP contribution in [0.25, 0.3) is 0 Å². The SMILES string of the molecule is CCCCN(CC=C(C)C(=O)O)CC(N)=O. The Labute approximate surface area is 95.9 Å². The molecule has 0 spiro atoms. The molecule has 0 saturated carbocycles. The summed E-state index contributed by atoms with van der Waals surface area (Å²) in [4.78, 5) is 23.2. The number of rotatable bonds is 8. The van der Waals surface area contributed by atoms with Crippen LogP contribution < -0.4 is 5.73 Å². The molecule has 0 radical (unpaired) electrons. The second kappa shape index (κ2) is 7.87. The van der Waals surface area contributed by atoms with E-state index in [4.69, 9.17) is 10.8 Å². The summed E-state index contributed by atoms with van der Waals surface area (Å²) in [6.45, 7) is 4.96. The van der Waals surface area contributed by atoms with E-state index < -0.39 is 11.9 Å². The Bertz CT molecular complexity index is 274. The first-order chi connectivity index (χ1) is 7.47. The summed E-state index contributed by atoms with van der Waals surface area (Å²) in [7, 11) is 0. The Kier molecular flexibility index (Phi) is 7.20. The average molecular weight is 228 g/mol. The number of primary amides is 1. The Morgan fingerprint density at radius 2 is 2.06 bits per heavy atom. The summed E-state index contributed by atoms with van der Waals surface area (Å²) < 4.78 is 0. The fourth-order valence-corrected chi connectivity index (χ4v) is 1.19. The van der Waals surface area contributed by atoms with Gasteiger partial charge in [-0.3, -0.25) is 9.69 Å². The van der Waals surface area contributed by atoms with Crippen LogP contribution in [-0.2, 0) is 9.59 Å². The maximum atomic E-state index is 10.8. The Morgan fingerprint density at radius 1 is 1.44 bits per heavy atom. The molecule has 0 unspecified atom stereocenters. The van der Waals surface area contributed by atoms with Crippen LogP contribution in [0.15, 0.2) is 11.6 Å². The van der Waals surface area contributed by atoms with Crippen molar-refractivity contribution in [1.82, 2.24) is 4.90 Å². The summed E-state index contributed by atoms with van der Waals surface area (Å²) in [5.41, 5.74) is 5.40. The molecule has 0 aliphatic heterocycles. The molecule has 0 saturated heterocycles. The lowest BCUT2D eigenvalue weighted by atomic mass is 10.2. The van der Waals surface area contributed by atoms with Crippen molar-refractivity contribution in [3.63, 3.8) is 0 Å². The molecule has 0 aromatic carbocycles. The third-order valence-electron chi connectivity index (χ3n) is 2.20. The van der Waals surface area contributed by atoms with Gasteiger partial charge in [-0.05, 0) is 19.9 Å². The number of hydrogen-bond donors (Lipinski definition) is 2. The van der Waals surface area contributed by atoms with Gasteiger partial charge in [0.2, 0.25) is 5.91 Å². The van der Waals surface area contributed by atoms with Crippen molar-refractivity contribution in [2.24, 2.45) is 5.73 Å². The number of carboxylic acid groups (broad SMARTS) is 1. The van der Waals surface area contributed by atoms with E-state index in [1.54, 1.807) is 6.08 Å².